The first-order valence-corrected chi connectivity index (χ1v) is 12.1. The molecule has 2 unspecified atom stereocenters. The quantitative estimate of drug-likeness (QED) is 0.614. The highest BCUT2D eigenvalue weighted by atomic mass is 35.5. The fourth-order valence-electron chi connectivity index (χ4n) is 3.26. The average Bonchev–Trinajstić information content (AvgIpc) is 3.29. The highest BCUT2D eigenvalue weighted by Gasteiger charge is 2.36. The number of rotatable bonds is 9. The van der Waals surface area contributed by atoms with Crippen LogP contribution in [0.1, 0.15) is 32.3 Å². The van der Waals surface area contributed by atoms with Crippen LogP contribution in [0, 0.1) is 5.82 Å². The monoisotopic (exact) mass is 458 g/mol. The van der Waals surface area contributed by atoms with Gasteiger partial charge in [0.15, 0.2) is 0 Å². The highest BCUT2D eigenvalue weighted by Crippen LogP contribution is 2.27. The average molecular weight is 459 g/mol. The van der Waals surface area contributed by atoms with Crippen LogP contribution in [0.3, 0.4) is 0 Å². The minimum absolute atomic E-state index is 0.183. The standard InChI is InChI=1S/C19H24ClFN4O2S2/c1-3-5-16(23-29(26,27)18-11-10-17(20)28-18)19-22-13-24(4-2)25(19)12-14-6-8-15(21)9-7-14/h6-11,13,16,19,23H,3-5,12H2,1-2H3. The van der Waals surface area contributed by atoms with Crippen molar-refractivity contribution in [3.05, 3.63) is 52.1 Å². The van der Waals surface area contributed by atoms with Gasteiger partial charge in [-0.15, -0.1) is 11.3 Å². The van der Waals surface area contributed by atoms with Gasteiger partial charge in [0.25, 0.3) is 0 Å². The zero-order valence-corrected chi connectivity index (χ0v) is 18.6. The van der Waals surface area contributed by atoms with Crippen LogP contribution in [-0.4, -0.2) is 43.5 Å². The van der Waals surface area contributed by atoms with Crippen molar-refractivity contribution in [3.8, 4) is 0 Å². The summed E-state index contributed by atoms with van der Waals surface area (Å²) >= 11 is 6.94. The summed E-state index contributed by atoms with van der Waals surface area (Å²) in [4.78, 5) is 4.59. The molecule has 1 N–H and O–H groups in total. The van der Waals surface area contributed by atoms with Crippen LogP contribution < -0.4 is 4.72 Å². The lowest BCUT2D eigenvalue weighted by Crippen LogP contribution is -2.52. The van der Waals surface area contributed by atoms with Crippen LogP contribution in [0.25, 0.3) is 0 Å². The van der Waals surface area contributed by atoms with Crippen molar-refractivity contribution in [3.63, 3.8) is 0 Å². The van der Waals surface area contributed by atoms with E-state index in [0.717, 1.165) is 23.3 Å². The topological polar surface area (TPSA) is 65.0 Å². The molecule has 0 saturated carbocycles. The summed E-state index contributed by atoms with van der Waals surface area (Å²) in [7, 11) is -3.71. The Hall–Kier alpha value is -1.52. The molecule has 2 aromatic rings. The van der Waals surface area contributed by atoms with Gasteiger partial charge in [-0.05, 0) is 43.2 Å². The third kappa shape index (κ3) is 5.35. The number of sulfonamides is 1. The molecule has 1 aliphatic heterocycles. The smallest absolute Gasteiger partial charge is 0.250 e. The lowest BCUT2D eigenvalue weighted by molar-refractivity contribution is 0.0105. The van der Waals surface area contributed by atoms with E-state index in [1.165, 1.54) is 18.2 Å². The molecule has 0 radical (unpaired) electrons. The van der Waals surface area contributed by atoms with Crippen molar-refractivity contribution in [2.75, 3.05) is 6.54 Å². The predicted molar refractivity (Wildman–Crippen MR) is 115 cm³/mol. The Balaban J connectivity index is 1.83. The van der Waals surface area contributed by atoms with Crippen molar-refractivity contribution in [1.82, 2.24) is 14.7 Å². The minimum atomic E-state index is -3.71. The summed E-state index contributed by atoms with van der Waals surface area (Å²) in [5.41, 5.74) is 0.920. The molecule has 0 amide bonds. The maximum Gasteiger partial charge on any atom is 0.250 e. The number of nitrogens with one attached hydrogen (secondary N) is 1. The molecular weight excluding hydrogens is 435 g/mol. The summed E-state index contributed by atoms with van der Waals surface area (Å²) in [6, 6.07) is 8.96. The van der Waals surface area contributed by atoms with Gasteiger partial charge in [-0.1, -0.05) is 37.1 Å². The van der Waals surface area contributed by atoms with E-state index in [1.807, 2.05) is 23.9 Å². The molecule has 2 heterocycles. The predicted octanol–water partition coefficient (Wildman–Crippen LogP) is 4.09. The molecule has 6 nitrogen and oxygen atoms in total. The molecule has 158 valence electrons. The van der Waals surface area contributed by atoms with Crippen molar-refractivity contribution < 1.29 is 12.8 Å². The molecule has 0 saturated heterocycles. The van der Waals surface area contributed by atoms with E-state index >= 15 is 0 Å². The Labute approximate surface area is 180 Å². The first-order valence-electron chi connectivity index (χ1n) is 9.42. The van der Waals surface area contributed by atoms with E-state index in [0.29, 0.717) is 23.8 Å². The molecular formula is C19H24ClFN4O2S2. The Kier molecular flexibility index (Phi) is 7.28. The second-order valence-electron chi connectivity index (χ2n) is 6.73. The molecule has 29 heavy (non-hydrogen) atoms. The molecule has 0 spiro atoms. The number of hydrogen-bond acceptors (Lipinski definition) is 6. The number of halogens is 2. The van der Waals surface area contributed by atoms with E-state index in [9.17, 15) is 12.8 Å². The molecule has 0 aliphatic carbocycles. The van der Waals surface area contributed by atoms with Gasteiger partial charge in [-0.25, -0.2) is 17.5 Å². The van der Waals surface area contributed by atoms with E-state index in [1.54, 1.807) is 24.5 Å². The van der Waals surface area contributed by atoms with Gasteiger partial charge in [-0.2, -0.15) is 5.01 Å². The summed E-state index contributed by atoms with van der Waals surface area (Å²) < 4.78 is 42.4. The zero-order chi connectivity index (χ0) is 21.0. The molecule has 1 aromatic heterocycles. The first-order chi connectivity index (χ1) is 13.8. The minimum Gasteiger partial charge on any atom is -0.294 e. The number of thiophene rings is 1. The molecule has 0 bridgehead atoms. The highest BCUT2D eigenvalue weighted by molar-refractivity contribution is 7.91. The first kappa shape index (κ1) is 22.2. The maximum absolute atomic E-state index is 13.3. The lowest BCUT2D eigenvalue weighted by atomic mass is 10.1. The summed E-state index contributed by atoms with van der Waals surface area (Å²) in [6.45, 7) is 5.18. The van der Waals surface area contributed by atoms with Crippen LogP contribution in [0.15, 0.2) is 45.6 Å². The van der Waals surface area contributed by atoms with E-state index in [2.05, 4.69) is 9.71 Å². The number of benzene rings is 1. The molecule has 10 heteroatoms. The molecule has 2 atom stereocenters. The van der Waals surface area contributed by atoms with Gasteiger partial charge < -0.3 is 0 Å². The second kappa shape index (κ2) is 9.53. The van der Waals surface area contributed by atoms with Crippen molar-refractivity contribution >= 4 is 39.3 Å². The largest absolute Gasteiger partial charge is 0.294 e. The lowest BCUT2D eigenvalue weighted by Gasteiger charge is -2.35. The normalized spacial score (nSPS) is 18.5. The Bertz CT molecular complexity index is 949. The number of hydrogen-bond donors (Lipinski definition) is 1. The fourth-order valence-corrected chi connectivity index (χ4v) is 6.02. The van der Waals surface area contributed by atoms with Crippen LogP contribution in [0.2, 0.25) is 4.34 Å². The SMILES string of the molecule is CCCC(NS(=O)(=O)c1ccc(Cl)s1)C1N=CN(CC)N1Cc1ccc(F)cc1. The van der Waals surface area contributed by atoms with Gasteiger partial charge in [0.2, 0.25) is 10.0 Å². The molecule has 0 fully saturated rings. The molecule has 1 aromatic carbocycles. The van der Waals surface area contributed by atoms with Crippen LogP contribution in [-0.2, 0) is 16.6 Å². The molecule has 3 rings (SSSR count). The number of hydrazine groups is 1. The van der Waals surface area contributed by atoms with E-state index in [4.69, 9.17) is 11.6 Å². The third-order valence-corrected chi connectivity index (χ3v) is 7.86. The molecule has 1 aliphatic rings. The summed E-state index contributed by atoms with van der Waals surface area (Å²) in [6.07, 6.45) is 2.75. The van der Waals surface area contributed by atoms with Gasteiger partial charge in [0.05, 0.1) is 10.4 Å². The van der Waals surface area contributed by atoms with Crippen molar-refractivity contribution in [1.29, 1.82) is 0 Å². The van der Waals surface area contributed by atoms with Gasteiger partial charge >= 0.3 is 0 Å². The number of nitrogens with zero attached hydrogens (tertiary/aromatic N) is 3. The Morgan fingerprint density at radius 1 is 1.24 bits per heavy atom. The van der Waals surface area contributed by atoms with Crippen LogP contribution >= 0.6 is 22.9 Å². The Morgan fingerprint density at radius 2 is 1.97 bits per heavy atom. The van der Waals surface area contributed by atoms with Gasteiger partial charge in [0, 0.05) is 13.1 Å². The number of aliphatic imine (C=N–C) groups is 1. The van der Waals surface area contributed by atoms with Crippen molar-refractivity contribution in [2.24, 2.45) is 4.99 Å². The van der Waals surface area contributed by atoms with E-state index < -0.39 is 22.2 Å². The fraction of sp³-hybridized carbons (Fsp3) is 0.421. The van der Waals surface area contributed by atoms with E-state index in [-0.39, 0.29) is 10.0 Å². The second-order valence-corrected chi connectivity index (χ2v) is 10.4. The summed E-state index contributed by atoms with van der Waals surface area (Å²) in [5, 5.41) is 3.96. The summed E-state index contributed by atoms with van der Waals surface area (Å²) in [5.74, 6) is -0.290. The third-order valence-electron chi connectivity index (χ3n) is 4.65. The van der Waals surface area contributed by atoms with Crippen molar-refractivity contribution in [2.45, 2.75) is 49.7 Å². The van der Waals surface area contributed by atoms with Gasteiger partial charge in [0.1, 0.15) is 22.5 Å². The zero-order valence-electron chi connectivity index (χ0n) is 16.3. The maximum atomic E-state index is 13.3. The van der Waals surface area contributed by atoms with Crippen LogP contribution in [0.4, 0.5) is 4.39 Å². The van der Waals surface area contributed by atoms with Gasteiger partial charge in [-0.3, -0.25) is 10.0 Å². The Morgan fingerprint density at radius 3 is 2.55 bits per heavy atom. The van der Waals surface area contributed by atoms with Crippen LogP contribution in [0.5, 0.6) is 0 Å².